The number of carbonyl (C=O) groups is 3. The second-order valence-corrected chi connectivity index (χ2v) is 22.0. The summed E-state index contributed by atoms with van der Waals surface area (Å²) in [4.78, 5) is 38.4. The van der Waals surface area contributed by atoms with Gasteiger partial charge in [0.05, 0.1) is 0 Å². The lowest BCUT2D eigenvalue weighted by Crippen LogP contribution is -2.30. The van der Waals surface area contributed by atoms with Crippen LogP contribution in [0.3, 0.4) is 0 Å². The van der Waals surface area contributed by atoms with Gasteiger partial charge >= 0.3 is 17.9 Å². The SMILES string of the molecule is CC/C=C\C/C=C\C/C=C\C/C=C\C/C=C\C/C=C\C/C=C\C/C=C\C/C=C\CCCC(=O)OCC(COC(=O)CCCCCCC/C=C\C/C=C\C/C=C\CC)OC(=O)CCCCCCCCCCCCCCCCCCCCCC. The summed E-state index contributed by atoms with van der Waals surface area (Å²) in [6.07, 6.45) is 98.7. The maximum absolute atomic E-state index is 12.9. The first kappa shape index (κ1) is 77.3. The van der Waals surface area contributed by atoms with Crippen molar-refractivity contribution in [3.8, 4) is 0 Å². The molecular weight excluding hydrogens is 1010 g/mol. The summed E-state index contributed by atoms with van der Waals surface area (Å²) in [6.45, 7) is 6.37. The predicted molar refractivity (Wildman–Crippen MR) is 357 cm³/mol. The van der Waals surface area contributed by atoms with Crippen LogP contribution in [0.25, 0.3) is 0 Å². The van der Waals surface area contributed by atoms with Crippen LogP contribution in [0.1, 0.15) is 297 Å². The van der Waals surface area contributed by atoms with Gasteiger partial charge in [-0.25, -0.2) is 0 Å². The molecular formula is C76H124O6. The standard InChI is InChI=1S/C76H124O6/c1-4-7-10-13-16-19-22-25-28-30-32-34-35-36-37-38-39-40-41-42-44-45-48-51-54-57-60-63-66-69-75(78)81-72-73(71-80-74(77)68-65-62-59-56-53-50-47-27-24-21-18-15-12-9-6-3)82-76(79)70-67-64-61-58-55-52-49-46-43-33-31-29-26-23-20-17-14-11-8-5-2/h7,9-10,12,16,18-19,21,25,27-28,32,34,36-37,39-40,42,44,47-48,51,57,60,73H,4-6,8,11,13-15,17,20,22-24,26,29-31,33,35,38,41,43,45-46,49-50,52-56,58-59,61-72H2,1-3H3/b10-7-,12-9-,19-16-,21-18-,28-25-,34-32-,37-36-,40-39-,44-42-,47-27-,51-48-,60-57-. The lowest BCUT2D eigenvalue weighted by molar-refractivity contribution is -0.167. The molecule has 0 aromatic carbocycles. The molecule has 1 unspecified atom stereocenters. The molecule has 0 saturated heterocycles. The van der Waals surface area contributed by atoms with Gasteiger partial charge < -0.3 is 14.2 Å². The van der Waals surface area contributed by atoms with Crippen LogP contribution in [-0.2, 0) is 28.6 Å². The summed E-state index contributed by atoms with van der Waals surface area (Å²) >= 11 is 0. The molecule has 0 aliphatic carbocycles. The van der Waals surface area contributed by atoms with E-state index in [9.17, 15) is 14.4 Å². The van der Waals surface area contributed by atoms with E-state index in [1.165, 1.54) is 109 Å². The second kappa shape index (κ2) is 68.8. The minimum absolute atomic E-state index is 0.108. The van der Waals surface area contributed by atoms with Crippen LogP contribution >= 0.6 is 0 Å². The first-order valence-corrected chi connectivity index (χ1v) is 33.8. The van der Waals surface area contributed by atoms with E-state index >= 15 is 0 Å². The van der Waals surface area contributed by atoms with Crippen molar-refractivity contribution in [1.82, 2.24) is 0 Å². The molecule has 0 fully saturated rings. The van der Waals surface area contributed by atoms with E-state index in [0.717, 1.165) is 141 Å². The van der Waals surface area contributed by atoms with E-state index in [-0.39, 0.29) is 37.5 Å². The molecule has 1 atom stereocenters. The third kappa shape index (κ3) is 66.1. The van der Waals surface area contributed by atoms with Crippen LogP contribution < -0.4 is 0 Å². The van der Waals surface area contributed by atoms with E-state index in [1.54, 1.807) is 0 Å². The summed E-state index contributed by atoms with van der Waals surface area (Å²) in [5, 5.41) is 0. The summed E-state index contributed by atoms with van der Waals surface area (Å²) in [6, 6.07) is 0. The van der Waals surface area contributed by atoms with E-state index in [1.807, 2.05) is 0 Å². The molecule has 0 saturated carbocycles. The zero-order valence-electron chi connectivity index (χ0n) is 53.2. The zero-order valence-corrected chi connectivity index (χ0v) is 53.2. The Morgan fingerprint density at radius 3 is 0.793 bits per heavy atom. The first-order chi connectivity index (χ1) is 40.5. The van der Waals surface area contributed by atoms with Gasteiger partial charge in [0.2, 0.25) is 0 Å². The Morgan fingerprint density at radius 2 is 0.488 bits per heavy atom. The van der Waals surface area contributed by atoms with Gasteiger partial charge in [-0.3, -0.25) is 14.4 Å². The Balaban J connectivity index is 4.46. The number of rotatable bonds is 60. The van der Waals surface area contributed by atoms with Crippen LogP contribution in [0, 0.1) is 0 Å². The molecule has 0 rings (SSSR count). The normalized spacial score (nSPS) is 13.1. The number of unbranched alkanes of at least 4 members (excludes halogenated alkanes) is 25. The number of hydrogen-bond donors (Lipinski definition) is 0. The zero-order chi connectivity index (χ0) is 59.2. The Morgan fingerprint density at radius 1 is 0.256 bits per heavy atom. The largest absolute Gasteiger partial charge is 0.462 e. The monoisotopic (exact) mass is 1130 g/mol. The quantitative estimate of drug-likeness (QED) is 0.0261. The van der Waals surface area contributed by atoms with Gasteiger partial charge in [-0.1, -0.05) is 308 Å². The van der Waals surface area contributed by atoms with Crippen LogP contribution in [0.15, 0.2) is 146 Å². The molecule has 0 spiro atoms. The van der Waals surface area contributed by atoms with Crippen molar-refractivity contribution in [1.29, 1.82) is 0 Å². The van der Waals surface area contributed by atoms with Crippen LogP contribution in [0.5, 0.6) is 0 Å². The fraction of sp³-hybridized carbons (Fsp3) is 0.645. The summed E-state index contributed by atoms with van der Waals surface area (Å²) in [5.74, 6) is -0.979. The number of allylic oxidation sites excluding steroid dienone is 24. The molecule has 0 bridgehead atoms. The Bertz CT molecular complexity index is 1780. The molecule has 0 aromatic heterocycles. The minimum Gasteiger partial charge on any atom is -0.462 e. The van der Waals surface area contributed by atoms with Crippen LogP contribution in [-0.4, -0.2) is 37.2 Å². The smallest absolute Gasteiger partial charge is 0.306 e. The van der Waals surface area contributed by atoms with E-state index in [0.29, 0.717) is 19.3 Å². The average molecular weight is 1130 g/mol. The molecule has 0 radical (unpaired) electrons. The number of ether oxygens (including phenoxy) is 3. The molecule has 0 heterocycles. The molecule has 82 heavy (non-hydrogen) atoms. The highest BCUT2D eigenvalue weighted by Gasteiger charge is 2.19. The molecule has 0 amide bonds. The lowest BCUT2D eigenvalue weighted by atomic mass is 10.0. The molecule has 464 valence electrons. The van der Waals surface area contributed by atoms with E-state index in [4.69, 9.17) is 14.2 Å². The minimum atomic E-state index is -0.815. The van der Waals surface area contributed by atoms with Crippen LogP contribution in [0.2, 0.25) is 0 Å². The van der Waals surface area contributed by atoms with Crippen LogP contribution in [0.4, 0.5) is 0 Å². The van der Waals surface area contributed by atoms with Gasteiger partial charge in [-0.2, -0.15) is 0 Å². The Hall–Kier alpha value is -4.71. The van der Waals surface area contributed by atoms with Gasteiger partial charge in [0, 0.05) is 19.3 Å². The van der Waals surface area contributed by atoms with Gasteiger partial charge in [-0.15, -0.1) is 0 Å². The molecule has 0 N–H and O–H groups in total. The molecule has 0 aliphatic rings. The number of hydrogen-bond acceptors (Lipinski definition) is 6. The topological polar surface area (TPSA) is 78.9 Å². The predicted octanol–water partition coefficient (Wildman–Crippen LogP) is 23.5. The highest BCUT2D eigenvalue weighted by molar-refractivity contribution is 5.71. The molecule has 0 aliphatic heterocycles. The van der Waals surface area contributed by atoms with E-state index in [2.05, 4.69) is 167 Å². The van der Waals surface area contributed by atoms with Crippen molar-refractivity contribution in [2.24, 2.45) is 0 Å². The van der Waals surface area contributed by atoms with Gasteiger partial charge in [0.25, 0.3) is 0 Å². The van der Waals surface area contributed by atoms with Gasteiger partial charge in [0.1, 0.15) is 13.2 Å². The second-order valence-electron chi connectivity index (χ2n) is 22.0. The van der Waals surface area contributed by atoms with E-state index < -0.39 is 6.10 Å². The Labute approximate surface area is 506 Å². The highest BCUT2D eigenvalue weighted by atomic mass is 16.6. The average Bonchev–Trinajstić information content (AvgIpc) is 3.47. The summed E-state index contributed by atoms with van der Waals surface area (Å²) in [5.41, 5.74) is 0. The Kier molecular flexibility index (Phi) is 64.8. The molecule has 6 heteroatoms. The summed E-state index contributed by atoms with van der Waals surface area (Å²) < 4.78 is 16.9. The van der Waals surface area contributed by atoms with Crippen molar-refractivity contribution >= 4 is 17.9 Å². The molecule has 6 nitrogen and oxygen atoms in total. The van der Waals surface area contributed by atoms with Crippen molar-refractivity contribution in [2.45, 2.75) is 303 Å². The van der Waals surface area contributed by atoms with Crippen molar-refractivity contribution < 1.29 is 28.6 Å². The maximum Gasteiger partial charge on any atom is 0.306 e. The fourth-order valence-electron chi connectivity index (χ4n) is 9.11. The maximum atomic E-state index is 12.9. The van der Waals surface area contributed by atoms with Crippen molar-refractivity contribution in [3.05, 3.63) is 146 Å². The molecule has 0 aromatic rings. The third-order valence-electron chi connectivity index (χ3n) is 14.1. The third-order valence-corrected chi connectivity index (χ3v) is 14.1. The fourth-order valence-corrected chi connectivity index (χ4v) is 9.11. The number of esters is 3. The first-order valence-electron chi connectivity index (χ1n) is 33.8. The lowest BCUT2D eigenvalue weighted by Gasteiger charge is -2.18. The highest BCUT2D eigenvalue weighted by Crippen LogP contribution is 2.16. The summed E-state index contributed by atoms with van der Waals surface area (Å²) in [7, 11) is 0. The van der Waals surface area contributed by atoms with Crippen molar-refractivity contribution in [2.75, 3.05) is 13.2 Å². The van der Waals surface area contributed by atoms with Gasteiger partial charge in [0.15, 0.2) is 6.10 Å². The van der Waals surface area contributed by atoms with Crippen molar-refractivity contribution in [3.63, 3.8) is 0 Å². The number of carbonyl (C=O) groups excluding carboxylic acids is 3. The van der Waals surface area contributed by atoms with Gasteiger partial charge in [-0.05, 0) is 116 Å².